The fourth-order valence-corrected chi connectivity index (χ4v) is 2.37. The topological polar surface area (TPSA) is 18.5 Å². The van der Waals surface area contributed by atoms with Crippen LogP contribution in [0.2, 0.25) is 0 Å². The minimum atomic E-state index is -6.80. The average Bonchev–Trinajstić information content (AvgIpc) is 2.54. The van der Waals surface area contributed by atoms with Gasteiger partial charge in [-0.2, -0.15) is 52.7 Å². The van der Waals surface area contributed by atoms with Crippen molar-refractivity contribution in [2.24, 2.45) is 0 Å². The lowest BCUT2D eigenvalue weighted by molar-refractivity contribution is -0.351. The summed E-state index contributed by atoms with van der Waals surface area (Å²) in [6.45, 7) is 0. The second kappa shape index (κ2) is 7.21. The van der Waals surface area contributed by atoms with E-state index in [-0.39, 0.29) is 14.2 Å². The Hall–Kier alpha value is -2.16. The van der Waals surface area contributed by atoms with Crippen molar-refractivity contribution in [1.29, 1.82) is 0 Å². The van der Waals surface area contributed by atoms with E-state index in [4.69, 9.17) is 0 Å². The fourth-order valence-electron chi connectivity index (χ4n) is 2.37. The molecule has 0 saturated carbocycles. The van der Waals surface area contributed by atoms with Gasteiger partial charge in [0, 0.05) is 0 Å². The maximum atomic E-state index is 14.3. The maximum absolute atomic E-state index is 14.3. The van der Waals surface area contributed by atoms with E-state index < -0.39 is 70.8 Å². The van der Waals surface area contributed by atoms with Gasteiger partial charge in [0.2, 0.25) is 0 Å². The second-order valence-electron chi connectivity index (χ2n) is 5.56. The Balaban J connectivity index is 4.13. The lowest BCUT2D eigenvalue weighted by atomic mass is 9.87. The zero-order valence-corrected chi connectivity index (χ0v) is 14.3. The molecule has 1 rings (SSSR count). The Kier molecular flexibility index (Phi) is 6.22. The van der Waals surface area contributed by atoms with Crippen LogP contribution in [0.5, 0.6) is 11.5 Å². The van der Waals surface area contributed by atoms with Gasteiger partial charge in [-0.3, -0.25) is 0 Å². The minimum Gasteiger partial charge on any atom is -0.496 e. The Morgan fingerprint density at radius 1 is 0.467 bits per heavy atom. The number of benzene rings is 1. The number of hydrogen-bond donors (Lipinski definition) is 0. The molecule has 0 aromatic heterocycles. The van der Waals surface area contributed by atoms with Crippen molar-refractivity contribution in [3.8, 4) is 11.5 Å². The first-order chi connectivity index (χ1) is 13.1. The summed E-state index contributed by atoms with van der Waals surface area (Å²) >= 11 is 0. The molecule has 1 aromatic carbocycles. The summed E-state index contributed by atoms with van der Waals surface area (Å²) in [5.41, 5.74) is -17.8. The molecule has 174 valence electrons. The largest absolute Gasteiger partial charge is 0.496 e. The van der Waals surface area contributed by atoms with Crippen LogP contribution in [0.1, 0.15) is 11.1 Å². The first-order valence-electron chi connectivity index (χ1n) is 7.03. The molecule has 1 aromatic rings. The van der Waals surface area contributed by atoms with Crippen molar-refractivity contribution in [2.75, 3.05) is 14.2 Å². The molecule has 0 aliphatic carbocycles. The van der Waals surface area contributed by atoms with Crippen molar-refractivity contribution in [2.45, 2.75) is 36.0 Å². The van der Waals surface area contributed by atoms with E-state index in [0.717, 1.165) is 0 Å². The molecule has 16 heteroatoms. The van der Waals surface area contributed by atoms with Gasteiger partial charge in [0.1, 0.15) is 11.5 Å². The quantitative estimate of drug-likeness (QED) is 0.479. The Morgan fingerprint density at radius 3 is 0.800 bits per heavy atom. The van der Waals surface area contributed by atoms with Gasteiger partial charge in [0.25, 0.3) is 0 Å². The van der Waals surface area contributed by atoms with Gasteiger partial charge in [0.05, 0.1) is 25.3 Å². The molecule has 0 aliphatic heterocycles. The van der Waals surface area contributed by atoms with E-state index in [9.17, 15) is 61.5 Å². The molecule has 0 atom stereocenters. The Morgan fingerprint density at radius 2 is 0.667 bits per heavy atom. The fraction of sp³-hybridized carbons (Fsp3) is 0.571. The van der Waals surface area contributed by atoms with E-state index in [0.29, 0.717) is 0 Å². The Bertz CT molecular complexity index is 677. The van der Waals surface area contributed by atoms with Crippen LogP contribution in [0.15, 0.2) is 12.1 Å². The van der Waals surface area contributed by atoms with Gasteiger partial charge in [-0.1, -0.05) is 0 Å². The summed E-state index contributed by atoms with van der Waals surface area (Å²) < 4.78 is 192. The third-order valence-electron chi connectivity index (χ3n) is 3.83. The summed E-state index contributed by atoms with van der Waals surface area (Å²) in [6, 6.07) is -1.58. The lowest BCUT2D eigenvalue weighted by Gasteiger charge is -2.34. The van der Waals surface area contributed by atoms with Crippen LogP contribution in [0.3, 0.4) is 0 Å². The molecule has 0 spiro atoms. The molecule has 0 N–H and O–H groups in total. The number of rotatable bonds is 4. The summed E-state index contributed by atoms with van der Waals surface area (Å²) in [5.74, 6) is -4.20. The van der Waals surface area contributed by atoms with Crippen molar-refractivity contribution >= 4 is 0 Å². The molecule has 0 radical (unpaired) electrons. The Labute approximate surface area is 157 Å². The van der Waals surface area contributed by atoms with E-state index in [2.05, 4.69) is 9.47 Å². The predicted molar refractivity (Wildman–Crippen MR) is 69.3 cm³/mol. The molecular formula is C14H8F14O2. The van der Waals surface area contributed by atoms with Gasteiger partial charge in [-0.05, 0) is 12.1 Å². The second-order valence-corrected chi connectivity index (χ2v) is 5.56. The molecular weight excluding hydrogens is 466 g/mol. The van der Waals surface area contributed by atoms with Crippen LogP contribution in [-0.2, 0) is 11.3 Å². The maximum Gasteiger partial charge on any atom is 0.436 e. The number of ether oxygens (including phenoxy) is 2. The number of hydrogen-bond acceptors (Lipinski definition) is 2. The number of halogens is 14. The summed E-state index contributed by atoms with van der Waals surface area (Å²) in [5, 5.41) is 0. The van der Waals surface area contributed by atoms with E-state index in [1.807, 2.05) is 0 Å². The highest BCUT2D eigenvalue weighted by Gasteiger charge is 2.77. The summed E-state index contributed by atoms with van der Waals surface area (Å²) in [4.78, 5) is 0. The van der Waals surface area contributed by atoms with Gasteiger partial charge in [0.15, 0.2) is 0 Å². The van der Waals surface area contributed by atoms with Gasteiger partial charge in [-0.15, -0.1) is 0 Å². The molecule has 0 unspecified atom stereocenters. The average molecular weight is 474 g/mol. The van der Waals surface area contributed by atoms with Crippen molar-refractivity contribution in [3.05, 3.63) is 23.3 Å². The standard InChI is InChI=1S/C14H8F14O2/c1-29-7-3-6(10(16,13(23,24)25)14(26,27)28)8(30-2)4-5(7)9(15,11(17,18)19)12(20,21)22/h3-4H,1-2H3. The van der Waals surface area contributed by atoms with Crippen LogP contribution < -0.4 is 9.47 Å². The first-order valence-corrected chi connectivity index (χ1v) is 7.03. The zero-order chi connectivity index (χ0) is 24.1. The van der Waals surface area contributed by atoms with E-state index in [1.165, 1.54) is 0 Å². The van der Waals surface area contributed by atoms with Crippen molar-refractivity contribution in [3.63, 3.8) is 0 Å². The lowest BCUT2D eigenvalue weighted by Crippen LogP contribution is -2.52. The van der Waals surface area contributed by atoms with Crippen LogP contribution in [0, 0.1) is 0 Å². The third-order valence-corrected chi connectivity index (χ3v) is 3.83. The number of methoxy groups -OCH3 is 2. The summed E-state index contributed by atoms with van der Waals surface area (Å²) in [7, 11) is 0.423. The molecule has 0 amide bonds. The molecule has 0 aliphatic rings. The highest BCUT2D eigenvalue weighted by molar-refractivity contribution is 5.53. The van der Waals surface area contributed by atoms with Crippen LogP contribution in [-0.4, -0.2) is 38.9 Å². The predicted octanol–water partition coefficient (Wildman–Crippen LogP) is 6.28. The van der Waals surface area contributed by atoms with Gasteiger partial charge in [-0.25, -0.2) is 8.78 Å². The van der Waals surface area contributed by atoms with Crippen LogP contribution in [0.4, 0.5) is 61.5 Å². The molecule has 0 saturated heterocycles. The molecule has 2 nitrogen and oxygen atoms in total. The van der Waals surface area contributed by atoms with Crippen molar-refractivity contribution in [1.82, 2.24) is 0 Å². The van der Waals surface area contributed by atoms with Crippen LogP contribution in [0.25, 0.3) is 0 Å². The molecule has 0 fully saturated rings. The smallest absolute Gasteiger partial charge is 0.436 e. The highest BCUT2D eigenvalue weighted by Crippen LogP contribution is 2.60. The third kappa shape index (κ3) is 3.68. The minimum absolute atomic E-state index is 0.212. The summed E-state index contributed by atoms with van der Waals surface area (Å²) in [6.07, 6.45) is -27.2. The van der Waals surface area contributed by atoms with Gasteiger partial charge < -0.3 is 9.47 Å². The van der Waals surface area contributed by atoms with Crippen molar-refractivity contribution < 1.29 is 70.9 Å². The molecule has 30 heavy (non-hydrogen) atoms. The van der Waals surface area contributed by atoms with E-state index >= 15 is 0 Å². The molecule has 0 bridgehead atoms. The molecule has 0 heterocycles. The monoisotopic (exact) mass is 474 g/mol. The number of alkyl halides is 14. The highest BCUT2D eigenvalue weighted by atomic mass is 19.4. The van der Waals surface area contributed by atoms with Crippen LogP contribution >= 0.6 is 0 Å². The SMILES string of the molecule is COc1cc(C(F)(C(F)(F)F)C(F)(F)F)c(OC)cc1C(F)(C(F)(F)F)C(F)(F)F. The normalized spacial score (nSPS) is 14.7. The first kappa shape index (κ1) is 25.9. The zero-order valence-electron chi connectivity index (χ0n) is 14.3. The van der Waals surface area contributed by atoms with Gasteiger partial charge >= 0.3 is 36.0 Å². The van der Waals surface area contributed by atoms with E-state index in [1.54, 1.807) is 0 Å².